The van der Waals surface area contributed by atoms with Crippen LogP contribution in [0.3, 0.4) is 0 Å². The second-order valence-electron chi connectivity index (χ2n) is 10.3. The number of hydrazone groups is 1. The summed E-state index contributed by atoms with van der Waals surface area (Å²) in [7, 11) is 0. The van der Waals surface area contributed by atoms with Crippen LogP contribution >= 0.6 is 0 Å². The van der Waals surface area contributed by atoms with Gasteiger partial charge in [0, 0.05) is 12.6 Å². The van der Waals surface area contributed by atoms with E-state index in [2.05, 4.69) is 35.0 Å². The number of hydrazine groups is 1. The van der Waals surface area contributed by atoms with Crippen molar-refractivity contribution in [3.05, 3.63) is 70.3 Å². The zero-order valence-corrected chi connectivity index (χ0v) is 24.3. The number of carbonyl (C=O) groups excluding carboxylic acids is 1. The number of likely N-dealkylation sites (tertiary alicyclic amines) is 1. The highest BCUT2D eigenvalue weighted by molar-refractivity contribution is 5.96. The quantitative estimate of drug-likeness (QED) is 0.0710. The van der Waals surface area contributed by atoms with Gasteiger partial charge in [0.25, 0.3) is 6.47 Å². The maximum Gasteiger partial charge on any atom is 0.335 e. The Balaban J connectivity index is 0.00000197. The first-order chi connectivity index (χ1) is 20.1. The summed E-state index contributed by atoms with van der Waals surface area (Å²) in [5.74, 6) is 4.69. The van der Waals surface area contributed by atoms with Gasteiger partial charge in [-0.1, -0.05) is 49.2 Å². The highest BCUT2D eigenvalue weighted by atomic mass is 16.4. The summed E-state index contributed by atoms with van der Waals surface area (Å²) in [6, 6.07) is 14.4. The summed E-state index contributed by atoms with van der Waals surface area (Å²) < 4.78 is 0. The second-order valence-corrected chi connectivity index (χ2v) is 10.3. The van der Waals surface area contributed by atoms with Crippen molar-refractivity contribution in [1.82, 2.24) is 15.8 Å². The minimum atomic E-state index is -1.02. The molecule has 2 aromatic rings. The van der Waals surface area contributed by atoms with E-state index >= 15 is 0 Å². The number of carboxylic acid groups (broad SMARTS) is 2. The van der Waals surface area contributed by atoms with Crippen LogP contribution in [-0.4, -0.2) is 64.5 Å². The topological polar surface area (TPSA) is 207 Å². The minimum Gasteiger partial charge on any atom is -0.483 e. The molecule has 0 bridgehead atoms. The molecule has 0 radical (unpaired) electrons. The van der Waals surface area contributed by atoms with Gasteiger partial charge in [0.15, 0.2) is 0 Å². The molecule has 0 aromatic heterocycles. The molecule has 12 nitrogen and oxygen atoms in total. The lowest BCUT2D eigenvalue weighted by atomic mass is 9.67. The molecule has 1 fully saturated rings. The number of hydrogen-bond acceptors (Lipinski definition) is 8. The Kier molecular flexibility index (Phi) is 12.9. The van der Waals surface area contributed by atoms with Crippen molar-refractivity contribution in [2.45, 2.75) is 70.4 Å². The van der Waals surface area contributed by atoms with Crippen LogP contribution in [0.15, 0.2) is 47.6 Å². The second kappa shape index (κ2) is 16.1. The fourth-order valence-corrected chi connectivity index (χ4v) is 5.55. The van der Waals surface area contributed by atoms with Gasteiger partial charge in [0.1, 0.15) is 11.9 Å². The van der Waals surface area contributed by atoms with Crippen LogP contribution in [0.5, 0.6) is 0 Å². The van der Waals surface area contributed by atoms with Crippen molar-refractivity contribution in [1.29, 1.82) is 5.26 Å². The smallest absolute Gasteiger partial charge is 0.335 e. The molecule has 1 aliphatic heterocycles. The van der Waals surface area contributed by atoms with E-state index in [0.29, 0.717) is 19.4 Å². The normalized spacial score (nSPS) is 16.8. The van der Waals surface area contributed by atoms with Gasteiger partial charge in [0.05, 0.1) is 23.6 Å². The van der Waals surface area contributed by atoms with Crippen LogP contribution < -0.4 is 22.4 Å². The summed E-state index contributed by atoms with van der Waals surface area (Å²) in [5.41, 5.74) is 12.1. The average Bonchev–Trinajstić information content (AvgIpc) is 3.45. The lowest BCUT2D eigenvalue weighted by Gasteiger charge is -2.38. The fourth-order valence-electron chi connectivity index (χ4n) is 5.55. The highest BCUT2D eigenvalue weighted by Crippen LogP contribution is 2.40. The Bertz CT molecular complexity index is 1290. The maximum atomic E-state index is 12.9. The first-order valence-electron chi connectivity index (χ1n) is 13.8. The number of hydrogen-bond donors (Lipinski definition) is 6. The van der Waals surface area contributed by atoms with Gasteiger partial charge in [-0.3, -0.25) is 9.59 Å². The number of nitrogens with two attached hydrogens (primary N) is 2. The third-order valence-corrected chi connectivity index (χ3v) is 7.42. The molecule has 1 heterocycles. The van der Waals surface area contributed by atoms with Crippen molar-refractivity contribution in [3.63, 3.8) is 0 Å². The molecule has 226 valence electrons. The number of nitriles is 1. The molecule has 1 aliphatic rings. The molecule has 8 N–H and O–H groups in total. The number of benzene rings is 2. The van der Waals surface area contributed by atoms with Gasteiger partial charge in [-0.25, -0.2) is 16.2 Å². The molecule has 12 heteroatoms. The Labute approximate surface area is 246 Å². The number of amides is 1. The number of aromatic carboxylic acids is 1. The van der Waals surface area contributed by atoms with Crippen molar-refractivity contribution >= 4 is 24.2 Å². The minimum absolute atomic E-state index is 0.0787. The van der Waals surface area contributed by atoms with Crippen molar-refractivity contribution in [2.75, 3.05) is 13.1 Å². The van der Waals surface area contributed by atoms with E-state index in [-0.39, 0.29) is 42.4 Å². The van der Waals surface area contributed by atoms with Crippen LogP contribution in [0, 0.1) is 18.3 Å². The zero-order chi connectivity index (χ0) is 31.3. The van der Waals surface area contributed by atoms with Crippen molar-refractivity contribution < 1.29 is 24.6 Å². The van der Waals surface area contributed by atoms with Gasteiger partial charge in [-0.15, -0.1) is 0 Å². The van der Waals surface area contributed by atoms with Gasteiger partial charge < -0.3 is 26.2 Å². The molecule has 3 atom stereocenters. The summed E-state index contributed by atoms with van der Waals surface area (Å²) >= 11 is 0. The number of amidine groups is 1. The number of rotatable bonds is 12. The molecule has 3 unspecified atom stereocenters. The molecular weight excluding hydrogens is 538 g/mol. The van der Waals surface area contributed by atoms with Crippen LogP contribution in [-0.2, 0) is 21.4 Å². The molecule has 0 spiro atoms. The molecule has 1 saturated heterocycles. The largest absolute Gasteiger partial charge is 0.483 e. The van der Waals surface area contributed by atoms with E-state index < -0.39 is 11.4 Å². The molecule has 3 rings (SSSR count). The van der Waals surface area contributed by atoms with Crippen LogP contribution in [0.2, 0.25) is 0 Å². The average molecular weight is 580 g/mol. The lowest BCUT2D eigenvalue weighted by Crippen LogP contribution is -2.50. The Morgan fingerprint density at radius 2 is 1.95 bits per heavy atom. The van der Waals surface area contributed by atoms with E-state index in [0.717, 1.165) is 41.5 Å². The van der Waals surface area contributed by atoms with Crippen LogP contribution in [0.4, 0.5) is 0 Å². The van der Waals surface area contributed by atoms with Crippen molar-refractivity contribution in [2.24, 2.45) is 16.7 Å². The number of carboxylic acids is 1. The molecule has 2 aromatic carbocycles. The highest BCUT2D eigenvalue weighted by Gasteiger charge is 2.42. The van der Waals surface area contributed by atoms with E-state index in [1.165, 1.54) is 0 Å². The van der Waals surface area contributed by atoms with Gasteiger partial charge in [0.2, 0.25) is 5.91 Å². The monoisotopic (exact) mass is 579 g/mol. The van der Waals surface area contributed by atoms with Gasteiger partial charge >= 0.3 is 5.97 Å². The molecule has 42 heavy (non-hydrogen) atoms. The number of carbonyl (C=O) groups is 3. The standard InChI is InChI=1S/C29H39N7O3.CH2O2/c1-4-6-22-15-19(2)8-13-25(22)29(28(31)34-35-32,23-11-9-21(10-12-23)27(38)39)16-20(3)33-18-26(37)36-14-5-7-24(36)17-30;2-1-3/h8-13,15,20,24,33,35H,4-7,14,16,18,32H2,1-3H3,(H2,31,34)(H,38,39);1H,(H,2,3). The molecule has 0 saturated carbocycles. The van der Waals surface area contributed by atoms with E-state index in [1.807, 2.05) is 26.0 Å². The Morgan fingerprint density at radius 1 is 1.29 bits per heavy atom. The SMILES string of the molecule is CCCc1cc(C)ccc1C(CC(C)NCC(=O)N1CCCC1C#N)(/C(N)=N/NN)c1ccc(C(=O)O)cc1.O=CO. The van der Waals surface area contributed by atoms with E-state index in [4.69, 9.17) is 21.5 Å². The summed E-state index contributed by atoms with van der Waals surface area (Å²) in [4.78, 5) is 34.5. The maximum absolute atomic E-state index is 12.9. The summed E-state index contributed by atoms with van der Waals surface area (Å²) in [6.07, 6.45) is 3.64. The third kappa shape index (κ3) is 8.05. The van der Waals surface area contributed by atoms with Crippen molar-refractivity contribution in [3.8, 4) is 6.07 Å². The first-order valence-corrected chi connectivity index (χ1v) is 13.8. The van der Waals surface area contributed by atoms with Gasteiger partial charge in [-0.2, -0.15) is 10.4 Å². The van der Waals surface area contributed by atoms with Gasteiger partial charge in [-0.05, 0) is 68.4 Å². The fraction of sp³-hybridized carbons (Fsp3) is 0.433. The van der Waals surface area contributed by atoms with E-state index in [9.17, 15) is 20.0 Å². The van der Waals surface area contributed by atoms with Crippen LogP contribution in [0.1, 0.15) is 72.1 Å². The number of aryl methyl sites for hydroxylation is 2. The first kappa shape index (κ1) is 33.7. The Morgan fingerprint density at radius 3 is 2.52 bits per heavy atom. The lowest BCUT2D eigenvalue weighted by molar-refractivity contribution is -0.130. The summed E-state index contributed by atoms with van der Waals surface area (Å²) in [6.45, 7) is 6.52. The number of nitrogens with one attached hydrogen (secondary N) is 2. The Hall–Kier alpha value is -4.47. The van der Waals surface area contributed by atoms with E-state index in [1.54, 1.807) is 29.2 Å². The zero-order valence-electron chi connectivity index (χ0n) is 24.3. The van der Waals surface area contributed by atoms with Crippen LogP contribution in [0.25, 0.3) is 0 Å². The molecule has 1 amide bonds. The molecule has 0 aliphatic carbocycles. The molecular formula is C30H41N7O5. The predicted molar refractivity (Wildman–Crippen MR) is 159 cm³/mol. The summed E-state index contributed by atoms with van der Waals surface area (Å²) in [5, 5.41) is 33.3. The number of nitrogens with zero attached hydrogens (tertiary/aromatic N) is 3. The third-order valence-electron chi connectivity index (χ3n) is 7.42. The predicted octanol–water partition coefficient (Wildman–Crippen LogP) is 2.25.